The summed E-state index contributed by atoms with van der Waals surface area (Å²) in [4.78, 5) is 24.0. The van der Waals surface area contributed by atoms with Crippen LogP contribution in [0.5, 0.6) is 5.75 Å². The molecular weight excluding hydrogens is 318 g/mol. The molecule has 2 amide bonds. The molecule has 7 heteroatoms. The zero-order valence-electron chi connectivity index (χ0n) is 13.8. The highest BCUT2D eigenvalue weighted by Crippen LogP contribution is 2.31. The molecule has 0 radical (unpaired) electrons. The molecule has 1 aliphatic carbocycles. The molecule has 1 aromatic carbocycles. The van der Waals surface area contributed by atoms with Gasteiger partial charge in [0.2, 0.25) is 5.91 Å². The third kappa shape index (κ3) is 3.83. The van der Waals surface area contributed by atoms with E-state index in [1.54, 1.807) is 0 Å². The van der Waals surface area contributed by atoms with Crippen molar-refractivity contribution in [1.82, 2.24) is 10.6 Å². The SMILES string of the molecule is CNC(=O)[C@H]1CCCC[C@H]1NC(=O)C(F)(F)c1ccc(OC)cc1. The van der Waals surface area contributed by atoms with Gasteiger partial charge in [-0.15, -0.1) is 0 Å². The summed E-state index contributed by atoms with van der Waals surface area (Å²) in [5, 5.41) is 4.90. The van der Waals surface area contributed by atoms with Gasteiger partial charge in [-0.1, -0.05) is 12.8 Å². The maximum absolute atomic E-state index is 14.4. The molecular formula is C17H22F2N2O3. The Bertz CT molecular complexity index is 590. The fourth-order valence-corrected chi connectivity index (χ4v) is 2.99. The first-order chi connectivity index (χ1) is 11.4. The molecule has 0 bridgehead atoms. The van der Waals surface area contributed by atoms with Crippen LogP contribution in [-0.4, -0.2) is 32.0 Å². The molecule has 0 unspecified atom stereocenters. The van der Waals surface area contributed by atoms with E-state index in [0.29, 0.717) is 18.6 Å². The molecule has 1 aliphatic rings. The van der Waals surface area contributed by atoms with Gasteiger partial charge in [-0.3, -0.25) is 9.59 Å². The summed E-state index contributed by atoms with van der Waals surface area (Å²) in [7, 11) is 2.93. The number of hydrogen-bond acceptors (Lipinski definition) is 3. The Morgan fingerprint density at radius 2 is 1.79 bits per heavy atom. The quantitative estimate of drug-likeness (QED) is 0.864. The smallest absolute Gasteiger partial charge is 0.349 e. The summed E-state index contributed by atoms with van der Waals surface area (Å²) in [6.45, 7) is 0. The zero-order chi connectivity index (χ0) is 17.7. The number of halogens is 2. The third-order valence-electron chi connectivity index (χ3n) is 4.40. The molecule has 1 saturated carbocycles. The third-order valence-corrected chi connectivity index (χ3v) is 4.40. The predicted octanol–water partition coefficient (Wildman–Crippen LogP) is 2.21. The summed E-state index contributed by atoms with van der Waals surface area (Å²) in [5.41, 5.74) is -0.409. The highest BCUT2D eigenvalue weighted by Gasteiger charge is 2.43. The number of nitrogens with one attached hydrogen (secondary N) is 2. The van der Waals surface area contributed by atoms with E-state index >= 15 is 0 Å². The number of rotatable bonds is 5. The van der Waals surface area contributed by atoms with Crippen LogP contribution in [0.3, 0.4) is 0 Å². The normalized spacial score (nSPS) is 21.0. The molecule has 0 saturated heterocycles. The van der Waals surface area contributed by atoms with Gasteiger partial charge in [0.25, 0.3) is 5.91 Å². The summed E-state index contributed by atoms with van der Waals surface area (Å²) >= 11 is 0. The molecule has 1 fully saturated rings. The number of benzene rings is 1. The second kappa shape index (κ2) is 7.59. The Morgan fingerprint density at radius 1 is 1.17 bits per heavy atom. The molecule has 0 spiro atoms. The maximum Gasteiger partial charge on any atom is 0.349 e. The first kappa shape index (κ1) is 18.2. The van der Waals surface area contributed by atoms with Crippen molar-refractivity contribution in [1.29, 1.82) is 0 Å². The minimum Gasteiger partial charge on any atom is -0.497 e. The Balaban J connectivity index is 2.12. The van der Waals surface area contributed by atoms with Gasteiger partial charge < -0.3 is 15.4 Å². The Morgan fingerprint density at radius 3 is 2.38 bits per heavy atom. The van der Waals surface area contributed by atoms with Gasteiger partial charge in [0, 0.05) is 18.7 Å². The number of ether oxygens (including phenoxy) is 1. The topological polar surface area (TPSA) is 67.4 Å². The number of alkyl halides is 2. The number of carbonyl (C=O) groups excluding carboxylic acids is 2. The van der Waals surface area contributed by atoms with Crippen LogP contribution in [0.15, 0.2) is 24.3 Å². The van der Waals surface area contributed by atoms with Gasteiger partial charge in [0.1, 0.15) is 5.75 Å². The molecule has 1 aromatic rings. The van der Waals surface area contributed by atoms with Crippen molar-refractivity contribution >= 4 is 11.8 Å². The molecule has 0 aromatic heterocycles. The first-order valence-electron chi connectivity index (χ1n) is 7.95. The fourth-order valence-electron chi connectivity index (χ4n) is 2.99. The Hall–Kier alpha value is -2.18. The second-order valence-electron chi connectivity index (χ2n) is 5.89. The average molecular weight is 340 g/mol. The lowest BCUT2D eigenvalue weighted by molar-refractivity contribution is -0.149. The molecule has 0 aliphatic heterocycles. The van der Waals surface area contributed by atoms with E-state index in [1.165, 1.54) is 26.3 Å². The van der Waals surface area contributed by atoms with Gasteiger partial charge >= 0.3 is 5.92 Å². The first-order valence-corrected chi connectivity index (χ1v) is 7.95. The van der Waals surface area contributed by atoms with Crippen LogP contribution < -0.4 is 15.4 Å². The average Bonchev–Trinajstić information content (AvgIpc) is 2.61. The van der Waals surface area contributed by atoms with Crippen LogP contribution in [0.25, 0.3) is 0 Å². The number of hydrogen-bond donors (Lipinski definition) is 2. The molecule has 24 heavy (non-hydrogen) atoms. The monoisotopic (exact) mass is 340 g/mol. The van der Waals surface area contributed by atoms with Crippen LogP contribution in [0.2, 0.25) is 0 Å². The maximum atomic E-state index is 14.4. The van der Waals surface area contributed by atoms with Crippen molar-refractivity contribution in [3.8, 4) is 5.75 Å². The Kier molecular flexibility index (Phi) is 5.75. The minimum absolute atomic E-state index is 0.229. The van der Waals surface area contributed by atoms with Crippen molar-refractivity contribution in [3.05, 3.63) is 29.8 Å². The van der Waals surface area contributed by atoms with Gasteiger partial charge in [0.05, 0.1) is 13.0 Å². The van der Waals surface area contributed by atoms with Crippen LogP contribution in [0.1, 0.15) is 31.2 Å². The lowest BCUT2D eigenvalue weighted by Gasteiger charge is -2.32. The van der Waals surface area contributed by atoms with E-state index in [4.69, 9.17) is 4.74 Å². The Labute approximate surface area is 139 Å². The van der Waals surface area contributed by atoms with Crippen LogP contribution in [0.4, 0.5) is 8.78 Å². The minimum atomic E-state index is -3.67. The van der Waals surface area contributed by atoms with Crippen molar-refractivity contribution in [2.24, 2.45) is 5.92 Å². The summed E-state index contributed by atoms with van der Waals surface area (Å²) in [6, 6.07) is 4.51. The van der Waals surface area contributed by atoms with E-state index < -0.39 is 29.4 Å². The molecule has 132 valence electrons. The summed E-state index contributed by atoms with van der Waals surface area (Å²) in [5.74, 6) is -5.32. The fraction of sp³-hybridized carbons (Fsp3) is 0.529. The lowest BCUT2D eigenvalue weighted by Crippen LogP contribution is -2.51. The van der Waals surface area contributed by atoms with Crippen molar-refractivity contribution in [2.45, 2.75) is 37.6 Å². The number of methoxy groups -OCH3 is 1. The van der Waals surface area contributed by atoms with Crippen molar-refractivity contribution in [3.63, 3.8) is 0 Å². The van der Waals surface area contributed by atoms with Gasteiger partial charge in [-0.2, -0.15) is 8.78 Å². The van der Waals surface area contributed by atoms with Gasteiger partial charge in [-0.05, 0) is 37.1 Å². The molecule has 5 nitrogen and oxygen atoms in total. The molecule has 2 N–H and O–H groups in total. The largest absolute Gasteiger partial charge is 0.497 e. The standard InChI is InChI=1S/C17H22F2N2O3/c1-20-15(22)13-5-3-4-6-14(13)21-16(23)17(18,19)11-7-9-12(24-2)10-8-11/h7-10,13-14H,3-6H2,1-2H3,(H,20,22)(H,21,23)/t13-,14+/m0/s1. The van der Waals surface area contributed by atoms with E-state index in [0.717, 1.165) is 25.0 Å². The number of carbonyl (C=O) groups is 2. The predicted molar refractivity (Wildman–Crippen MR) is 84.8 cm³/mol. The molecule has 2 rings (SSSR count). The zero-order valence-corrected chi connectivity index (χ0v) is 13.8. The number of amides is 2. The van der Waals surface area contributed by atoms with E-state index in [1.807, 2.05) is 0 Å². The molecule has 0 heterocycles. The van der Waals surface area contributed by atoms with Crippen LogP contribution >= 0.6 is 0 Å². The van der Waals surface area contributed by atoms with Gasteiger partial charge in [-0.25, -0.2) is 0 Å². The lowest BCUT2D eigenvalue weighted by atomic mass is 9.83. The van der Waals surface area contributed by atoms with E-state index in [9.17, 15) is 18.4 Å². The second-order valence-corrected chi connectivity index (χ2v) is 5.89. The van der Waals surface area contributed by atoms with E-state index in [-0.39, 0.29) is 5.91 Å². The van der Waals surface area contributed by atoms with E-state index in [2.05, 4.69) is 10.6 Å². The summed E-state index contributed by atoms with van der Waals surface area (Å²) in [6.07, 6.45) is 2.74. The van der Waals surface area contributed by atoms with Crippen molar-refractivity contribution < 1.29 is 23.1 Å². The highest BCUT2D eigenvalue weighted by molar-refractivity contribution is 5.86. The van der Waals surface area contributed by atoms with Crippen LogP contribution in [-0.2, 0) is 15.5 Å². The van der Waals surface area contributed by atoms with Gasteiger partial charge in [0.15, 0.2) is 0 Å². The molecule has 2 atom stereocenters. The van der Waals surface area contributed by atoms with Crippen LogP contribution in [0, 0.1) is 5.92 Å². The van der Waals surface area contributed by atoms with Crippen molar-refractivity contribution in [2.75, 3.05) is 14.2 Å². The highest BCUT2D eigenvalue weighted by atomic mass is 19.3. The summed E-state index contributed by atoms with van der Waals surface area (Å²) < 4.78 is 33.7.